The van der Waals surface area contributed by atoms with Crippen LogP contribution < -0.4 is 5.32 Å². The van der Waals surface area contributed by atoms with Crippen molar-refractivity contribution in [2.75, 3.05) is 26.2 Å². The van der Waals surface area contributed by atoms with Crippen LogP contribution >= 0.6 is 0 Å². The van der Waals surface area contributed by atoms with Gasteiger partial charge >= 0.3 is 0 Å². The highest BCUT2D eigenvalue weighted by Gasteiger charge is 2.25. The second kappa shape index (κ2) is 9.11. The Labute approximate surface area is 161 Å². The van der Waals surface area contributed by atoms with Crippen LogP contribution in [0.5, 0.6) is 0 Å². The van der Waals surface area contributed by atoms with Crippen LogP contribution in [0.15, 0.2) is 48.5 Å². The lowest BCUT2D eigenvalue weighted by molar-refractivity contribution is -0.126. The van der Waals surface area contributed by atoms with Crippen molar-refractivity contribution in [1.82, 2.24) is 15.1 Å². The molecule has 2 aromatic rings. The van der Waals surface area contributed by atoms with Gasteiger partial charge < -0.3 is 5.32 Å². The first kappa shape index (κ1) is 19.5. The normalized spacial score (nSPS) is 16.9. The van der Waals surface area contributed by atoms with Crippen LogP contribution in [0.1, 0.15) is 23.6 Å². The third-order valence-corrected chi connectivity index (χ3v) is 5.37. The van der Waals surface area contributed by atoms with Crippen LogP contribution in [0.25, 0.3) is 0 Å². The fraction of sp³-hybridized carbons (Fsp3) is 0.409. The van der Waals surface area contributed by atoms with Gasteiger partial charge in [0.05, 0.1) is 6.04 Å². The molecule has 144 valence electrons. The van der Waals surface area contributed by atoms with E-state index in [1.165, 1.54) is 23.3 Å². The maximum atomic E-state index is 12.9. The highest BCUT2D eigenvalue weighted by Crippen LogP contribution is 2.14. The molecule has 0 aromatic heterocycles. The minimum atomic E-state index is -0.262. The summed E-state index contributed by atoms with van der Waals surface area (Å²) < 4.78 is 12.9. The van der Waals surface area contributed by atoms with Crippen LogP contribution in [-0.2, 0) is 17.9 Å². The molecule has 0 saturated carbocycles. The second-order valence-electron chi connectivity index (χ2n) is 7.26. The number of hydrogen-bond donors (Lipinski definition) is 1. The third kappa shape index (κ3) is 5.37. The van der Waals surface area contributed by atoms with Crippen LogP contribution in [0.3, 0.4) is 0 Å². The smallest absolute Gasteiger partial charge is 0.237 e. The van der Waals surface area contributed by atoms with Gasteiger partial charge in [0.1, 0.15) is 5.82 Å². The number of nitrogens with one attached hydrogen (secondary N) is 1. The van der Waals surface area contributed by atoms with E-state index in [0.29, 0.717) is 6.54 Å². The molecular weight excluding hydrogens is 341 g/mol. The summed E-state index contributed by atoms with van der Waals surface area (Å²) in [7, 11) is 0. The van der Waals surface area contributed by atoms with Gasteiger partial charge in [0.2, 0.25) is 5.91 Å². The molecule has 1 aliphatic heterocycles. The predicted octanol–water partition coefficient (Wildman–Crippen LogP) is 2.96. The zero-order valence-electron chi connectivity index (χ0n) is 16.1. The number of nitrogens with zero attached hydrogens (tertiary/aromatic N) is 2. The quantitative estimate of drug-likeness (QED) is 0.850. The fourth-order valence-corrected chi connectivity index (χ4v) is 3.44. The van der Waals surface area contributed by atoms with E-state index in [4.69, 9.17) is 0 Å². The maximum absolute atomic E-state index is 12.9. The van der Waals surface area contributed by atoms with Crippen molar-refractivity contribution in [3.05, 3.63) is 71.0 Å². The summed E-state index contributed by atoms with van der Waals surface area (Å²) in [4.78, 5) is 17.1. The van der Waals surface area contributed by atoms with E-state index in [1.807, 2.05) is 6.92 Å². The standard InChI is InChI=1S/C22H28FN3O/c1-17-5-3-4-6-20(17)16-25-11-13-26(14-12-25)18(2)22(27)24-15-19-7-9-21(23)10-8-19/h3-10,18H,11-16H2,1-2H3,(H,24,27). The maximum Gasteiger partial charge on any atom is 0.237 e. The first-order chi connectivity index (χ1) is 13.0. The lowest BCUT2D eigenvalue weighted by Crippen LogP contribution is -2.53. The minimum absolute atomic E-state index is 0.0201. The van der Waals surface area contributed by atoms with Gasteiger partial charge in [-0.1, -0.05) is 36.4 Å². The number of piperazine rings is 1. The number of aryl methyl sites for hydroxylation is 1. The van der Waals surface area contributed by atoms with Gasteiger partial charge in [0.25, 0.3) is 0 Å². The van der Waals surface area contributed by atoms with Gasteiger partial charge in [-0.05, 0) is 42.7 Å². The molecule has 0 radical (unpaired) electrons. The number of rotatable bonds is 6. The predicted molar refractivity (Wildman–Crippen MR) is 106 cm³/mol. The molecule has 0 aliphatic carbocycles. The number of amides is 1. The molecule has 3 rings (SSSR count). The molecule has 0 bridgehead atoms. The van der Waals surface area contributed by atoms with Crippen LogP contribution in [-0.4, -0.2) is 47.9 Å². The Bertz CT molecular complexity index is 754. The zero-order valence-corrected chi connectivity index (χ0v) is 16.1. The zero-order chi connectivity index (χ0) is 19.2. The largest absolute Gasteiger partial charge is 0.351 e. The summed E-state index contributed by atoms with van der Waals surface area (Å²) in [6.07, 6.45) is 0. The van der Waals surface area contributed by atoms with Crippen molar-refractivity contribution in [1.29, 1.82) is 0 Å². The van der Waals surface area contributed by atoms with Crippen molar-refractivity contribution in [3.63, 3.8) is 0 Å². The summed E-state index contributed by atoms with van der Waals surface area (Å²) >= 11 is 0. The summed E-state index contributed by atoms with van der Waals surface area (Å²) in [6.45, 7) is 9.19. The summed E-state index contributed by atoms with van der Waals surface area (Å²) in [6, 6.07) is 14.6. The van der Waals surface area contributed by atoms with Gasteiger partial charge in [-0.2, -0.15) is 0 Å². The van der Waals surface area contributed by atoms with Crippen molar-refractivity contribution in [3.8, 4) is 0 Å². The van der Waals surface area contributed by atoms with Crippen LogP contribution in [0.4, 0.5) is 4.39 Å². The van der Waals surface area contributed by atoms with E-state index in [9.17, 15) is 9.18 Å². The molecule has 1 fully saturated rings. The molecule has 1 unspecified atom stereocenters. The third-order valence-electron chi connectivity index (χ3n) is 5.37. The molecule has 1 amide bonds. The first-order valence-corrected chi connectivity index (χ1v) is 9.56. The van der Waals surface area contributed by atoms with Crippen LogP contribution in [0.2, 0.25) is 0 Å². The van der Waals surface area contributed by atoms with E-state index in [0.717, 1.165) is 38.3 Å². The molecule has 1 atom stereocenters. The van der Waals surface area contributed by atoms with Crippen molar-refractivity contribution >= 4 is 5.91 Å². The van der Waals surface area contributed by atoms with E-state index in [-0.39, 0.29) is 17.8 Å². The van der Waals surface area contributed by atoms with Gasteiger partial charge in [0.15, 0.2) is 0 Å². The van der Waals surface area contributed by atoms with E-state index >= 15 is 0 Å². The van der Waals surface area contributed by atoms with Gasteiger partial charge in [-0.3, -0.25) is 14.6 Å². The Morgan fingerprint density at radius 3 is 2.41 bits per heavy atom. The van der Waals surface area contributed by atoms with E-state index in [1.54, 1.807) is 12.1 Å². The first-order valence-electron chi connectivity index (χ1n) is 9.56. The Morgan fingerprint density at radius 1 is 1.07 bits per heavy atom. The van der Waals surface area contributed by atoms with E-state index in [2.05, 4.69) is 46.3 Å². The summed E-state index contributed by atoms with van der Waals surface area (Å²) in [5.74, 6) is -0.242. The molecule has 4 nitrogen and oxygen atoms in total. The molecule has 1 saturated heterocycles. The molecule has 2 aromatic carbocycles. The Morgan fingerprint density at radius 2 is 1.74 bits per heavy atom. The number of halogens is 1. The van der Waals surface area contributed by atoms with Crippen molar-refractivity contribution in [2.24, 2.45) is 0 Å². The molecule has 5 heteroatoms. The average molecular weight is 369 g/mol. The van der Waals surface area contributed by atoms with Gasteiger partial charge in [-0.15, -0.1) is 0 Å². The molecule has 27 heavy (non-hydrogen) atoms. The Balaban J connectivity index is 1.44. The molecule has 1 aliphatic rings. The minimum Gasteiger partial charge on any atom is -0.351 e. The number of carbonyl (C=O) groups is 1. The van der Waals surface area contributed by atoms with E-state index < -0.39 is 0 Å². The van der Waals surface area contributed by atoms with Gasteiger partial charge in [-0.25, -0.2) is 4.39 Å². The molecule has 0 spiro atoms. The Kier molecular flexibility index (Phi) is 6.58. The number of carbonyl (C=O) groups excluding carboxylic acids is 1. The molecule has 1 N–H and O–H groups in total. The van der Waals surface area contributed by atoms with Crippen molar-refractivity contribution in [2.45, 2.75) is 33.0 Å². The Hall–Kier alpha value is -2.24. The average Bonchev–Trinajstić information content (AvgIpc) is 2.69. The lowest BCUT2D eigenvalue weighted by Gasteiger charge is -2.37. The topological polar surface area (TPSA) is 35.6 Å². The summed E-state index contributed by atoms with van der Waals surface area (Å²) in [5.41, 5.74) is 3.60. The molecular formula is C22H28FN3O. The highest BCUT2D eigenvalue weighted by atomic mass is 19.1. The molecule has 1 heterocycles. The van der Waals surface area contributed by atoms with Crippen molar-refractivity contribution < 1.29 is 9.18 Å². The lowest BCUT2D eigenvalue weighted by atomic mass is 10.1. The second-order valence-corrected chi connectivity index (χ2v) is 7.26. The number of hydrogen-bond acceptors (Lipinski definition) is 3. The van der Waals surface area contributed by atoms with Crippen LogP contribution in [0, 0.1) is 12.7 Å². The highest BCUT2D eigenvalue weighted by molar-refractivity contribution is 5.81. The fourth-order valence-electron chi connectivity index (χ4n) is 3.44. The SMILES string of the molecule is Cc1ccccc1CN1CCN(C(C)C(=O)NCc2ccc(F)cc2)CC1. The monoisotopic (exact) mass is 369 g/mol. The summed E-state index contributed by atoms with van der Waals surface area (Å²) in [5, 5.41) is 2.96. The van der Waals surface area contributed by atoms with Gasteiger partial charge in [0, 0.05) is 39.3 Å². The number of benzene rings is 2.